The molecule has 1 N–H and O–H groups in total. The van der Waals surface area contributed by atoms with Gasteiger partial charge in [-0.2, -0.15) is 0 Å². The van der Waals surface area contributed by atoms with E-state index in [0.717, 1.165) is 37.9 Å². The summed E-state index contributed by atoms with van der Waals surface area (Å²) in [7, 11) is 2.04. The smallest absolute Gasteiger partial charge is 0.407 e. The molecule has 3 rings (SSSR count). The number of likely N-dealkylation sites (tertiary alicyclic amines) is 1. The van der Waals surface area contributed by atoms with E-state index in [9.17, 15) is 4.79 Å². The lowest BCUT2D eigenvalue weighted by Gasteiger charge is -2.40. The molecule has 2 aliphatic rings. The van der Waals surface area contributed by atoms with E-state index in [4.69, 9.17) is 16.7 Å². The number of aromatic nitrogens is 2. The van der Waals surface area contributed by atoms with Crippen molar-refractivity contribution in [3.8, 4) is 0 Å². The van der Waals surface area contributed by atoms with Gasteiger partial charge in [0.05, 0.1) is 0 Å². The Labute approximate surface area is 135 Å². The molecule has 1 aromatic rings. The maximum atomic E-state index is 11.1. The van der Waals surface area contributed by atoms with E-state index in [1.807, 2.05) is 13.1 Å². The Morgan fingerprint density at radius 2 is 2.18 bits per heavy atom. The van der Waals surface area contributed by atoms with E-state index in [1.54, 1.807) is 11.1 Å². The summed E-state index contributed by atoms with van der Waals surface area (Å²) in [5, 5.41) is 9.40. The van der Waals surface area contributed by atoms with E-state index in [2.05, 4.69) is 14.9 Å². The minimum absolute atomic E-state index is 0.193. The second-order valence-corrected chi connectivity index (χ2v) is 6.82. The fourth-order valence-corrected chi connectivity index (χ4v) is 3.96. The molecule has 1 aliphatic heterocycles. The van der Waals surface area contributed by atoms with Crippen LogP contribution in [0.4, 0.5) is 10.6 Å². The Morgan fingerprint density at radius 3 is 2.77 bits per heavy atom. The Balaban J connectivity index is 1.61. The van der Waals surface area contributed by atoms with Gasteiger partial charge in [0.15, 0.2) is 0 Å². The number of carbonyl (C=O) groups is 1. The molecule has 1 amide bonds. The van der Waals surface area contributed by atoms with Crippen molar-refractivity contribution >= 4 is 23.5 Å². The lowest BCUT2D eigenvalue weighted by molar-refractivity contribution is 0.137. The predicted molar refractivity (Wildman–Crippen MR) is 84.3 cm³/mol. The molecule has 22 heavy (non-hydrogen) atoms. The fourth-order valence-electron chi connectivity index (χ4n) is 3.82. The largest absolute Gasteiger partial charge is 0.465 e. The number of halogens is 1. The summed E-state index contributed by atoms with van der Waals surface area (Å²) in [5.74, 6) is 0.847. The predicted octanol–water partition coefficient (Wildman–Crippen LogP) is 2.88. The molecular formula is C15H21ClN4O2. The molecule has 1 aliphatic carbocycles. The zero-order chi connectivity index (χ0) is 15.7. The third-order valence-electron chi connectivity index (χ3n) is 5.25. The van der Waals surface area contributed by atoms with Gasteiger partial charge in [-0.3, -0.25) is 0 Å². The average Bonchev–Trinajstić information content (AvgIpc) is 2.92. The van der Waals surface area contributed by atoms with Crippen molar-refractivity contribution in [2.75, 3.05) is 25.0 Å². The third-order valence-corrected chi connectivity index (χ3v) is 5.43. The average molecular weight is 325 g/mol. The van der Waals surface area contributed by atoms with Gasteiger partial charge in [-0.15, -0.1) is 0 Å². The third kappa shape index (κ3) is 2.97. The van der Waals surface area contributed by atoms with E-state index in [-0.39, 0.29) is 10.7 Å². The summed E-state index contributed by atoms with van der Waals surface area (Å²) >= 11 is 5.86. The van der Waals surface area contributed by atoms with Crippen LogP contribution in [-0.4, -0.2) is 52.2 Å². The molecule has 1 saturated heterocycles. The van der Waals surface area contributed by atoms with Gasteiger partial charge in [0.1, 0.15) is 5.82 Å². The number of hydrogen-bond acceptors (Lipinski definition) is 4. The molecule has 120 valence electrons. The molecule has 1 aromatic heterocycles. The number of rotatable bonds is 2. The molecule has 2 heterocycles. The van der Waals surface area contributed by atoms with Crippen LogP contribution in [-0.2, 0) is 0 Å². The van der Waals surface area contributed by atoms with Crippen molar-refractivity contribution in [3.05, 3.63) is 17.5 Å². The first kappa shape index (κ1) is 15.3. The number of amides is 1. The van der Waals surface area contributed by atoms with Crippen LogP contribution in [0.2, 0.25) is 5.28 Å². The Morgan fingerprint density at radius 1 is 1.45 bits per heavy atom. The van der Waals surface area contributed by atoms with Crippen molar-refractivity contribution < 1.29 is 9.90 Å². The minimum Gasteiger partial charge on any atom is -0.465 e. The van der Waals surface area contributed by atoms with Crippen molar-refractivity contribution in [1.82, 2.24) is 14.9 Å². The fraction of sp³-hybridized carbons (Fsp3) is 0.667. The molecule has 0 aromatic carbocycles. The molecule has 6 nitrogen and oxygen atoms in total. The summed E-state index contributed by atoms with van der Waals surface area (Å²) in [6.45, 7) is 1.37. The van der Waals surface area contributed by atoms with Crippen LogP contribution < -0.4 is 4.90 Å². The first-order valence-corrected chi connectivity index (χ1v) is 8.06. The van der Waals surface area contributed by atoms with Gasteiger partial charge in [-0.05, 0) is 55.2 Å². The van der Waals surface area contributed by atoms with Crippen LogP contribution in [0.25, 0.3) is 0 Å². The number of carboxylic acid groups (broad SMARTS) is 1. The number of anilines is 1. The number of nitrogens with zero attached hydrogens (tertiary/aromatic N) is 4. The second kappa shape index (κ2) is 5.91. The molecule has 1 spiro atoms. The highest BCUT2D eigenvalue weighted by atomic mass is 35.5. The Kier molecular flexibility index (Phi) is 4.12. The van der Waals surface area contributed by atoms with Crippen LogP contribution in [0.15, 0.2) is 12.3 Å². The topological polar surface area (TPSA) is 69.6 Å². The van der Waals surface area contributed by atoms with Gasteiger partial charge in [0, 0.05) is 32.4 Å². The van der Waals surface area contributed by atoms with Crippen molar-refractivity contribution in [2.24, 2.45) is 5.41 Å². The van der Waals surface area contributed by atoms with Crippen molar-refractivity contribution in [2.45, 2.75) is 38.1 Å². The summed E-state index contributed by atoms with van der Waals surface area (Å²) < 4.78 is 0. The summed E-state index contributed by atoms with van der Waals surface area (Å²) in [6, 6.07) is 2.30. The highest BCUT2D eigenvalue weighted by Gasteiger charge is 2.43. The van der Waals surface area contributed by atoms with Crippen molar-refractivity contribution in [3.63, 3.8) is 0 Å². The molecule has 0 atom stereocenters. The molecule has 7 heteroatoms. The standard InChI is InChI=1S/C15H21ClN4O2/c1-19(12-4-8-17-13(16)18-12)11-2-5-15(6-3-11)7-9-20(10-15)14(21)22/h4,8,11H,2-3,5-7,9-10H2,1H3,(H,21,22). The molecule has 1 saturated carbocycles. The Hall–Kier alpha value is -1.56. The zero-order valence-electron chi connectivity index (χ0n) is 12.7. The van der Waals surface area contributed by atoms with Crippen LogP contribution in [0.3, 0.4) is 0 Å². The van der Waals surface area contributed by atoms with E-state index in [0.29, 0.717) is 19.1 Å². The monoisotopic (exact) mass is 324 g/mol. The van der Waals surface area contributed by atoms with E-state index < -0.39 is 6.09 Å². The lowest BCUT2D eigenvalue weighted by Crippen LogP contribution is -2.41. The van der Waals surface area contributed by atoms with Gasteiger partial charge in [-0.1, -0.05) is 0 Å². The van der Waals surface area contributed by atoms with E-state index in [1.165, 1.54) is 0 Å². The van der Waals surface area contributed by atoms with Gasteiger partial charge >= 0.3 is 6.09 Å². The van der Waals surface area contributed by atoms with Crippen molar-refractivity contribution in [1.29, 1.82) is 0 Å². The minimum atomic E-state index is -0.785. The summed E-state index contributed by atoms with van der Waals surface area (Å²) in [6.07, 6.45) is 6.15. The Bertz CT molecular complexity index is 560. The molecule has 0 unspecified atom stereocenters. The first-order chi connectivity index (χ1) is 10.5. The summed E-state index contributed by atoms with van der Waals surface area (Å²) in [5.41, 5.74) is 0.193. The van der Waals surface area contributed by atoms with Gasteiger partial charge in [0.2, 0.25) is 5.28 Å². The molecule has 0 bridgehead atoms. The van der Waals surface area contributed by atoms with Gasteiger partial charge in [0.25, 0.3) is 0 Å². The quantitative estimate of drug-likeness (QED) is 0.847. The van der Waals surface area contributed by atoms with Crippen LogP contribution in [0, 0.1) is 5.41 Å². The molecule has 2 fully saturated rings. The van der Waals surface area contributed by atoms with Crippen LogP contribution in [0.5, 0.6) is 0 Å². The zero-order valence-corrected chi connectivity index (χ0v) is 13.5. The van der Waals surface area contributed by atoms with Gasteiger partial charge in [-0.25, -0.2) is 14.8 Å². The first-order valence-electron chi connectivity index (χ1n) is 7.68. The number of hydrogen-bond donors (Lipinski definition) is 1. The lowest BCUT2D eigenvalue weighted by atomic mass is 9.71. The van der Waals surface area contributed by atoms with Crippen LogP contribution >= 0.6 is 11.6 Å². The normalized spacial score (nSPS) is 28.1. The maximum Gasteiger partial charge on any atom is 0.407 e. The molecule has 0 radical (unpaired) electrons. The van der Waals surface area contributed by atoms with Gasteiger partial charge < -0.3 is 14.9 Å². The second-order valence-electron chi connectivity index (χ2n) is 6.48. The molecular weight excluding hydrogens is 304 g/mol. The maximum absolute atomic E-state index is 11.1. The van der Waals surface area contributed by atoms with Crippen LogP contribution in [0.1, 0.15) is 32.1 Å². The highest BCUT2D eigenvalue weighted by molar-refractivity contribution is 6.28. The highest BCUT2D eigenvalue weighted by Crippen LogP contribution is 2.44. The van der Waals surface area contributed by atoms with E-state index >= 15 is 0 Å². The SMILES string of the molecule is CN(c1ccnc(Cl)n1)C1CCC2(CC1)CCN(C(=O)O)C2. The summed E-state index contributed by atoms with van der Waals surface area (Å²) in [4.78, 5) is 23.0.